The molecule has 0 saturated heterocycles. The maximum Gasteiger partial charge on any atom is 0.117 e. The van der Waals surface area contributed by atoms with Crippen LogP contribution in [0.4, 0.5) is 0 Å². The van der Waals surface area contributed by atoms with Crippen molar-refractivity contribution in [2.24, 2.45) is 0 Å². The summed E-state index contributed by atoms with van der Waals surface area (Å²) in [5, 5.41) is 21.7. The Balaban J connectivity index is 3.77. The first-order valence-corrected chi connectivity index (χ1v) is 4.40. The number of rotatable bonds is 6. The number of hydrogen-bond donors (Lipinski definition) is 2. The van der Waals surface area contributed by atoms with Crippen molar-refractivity contribution < 1.29 is 10.2 Å². The van der Waals surface area contributed by atoms with Crippen LogP contribution in [0.15, 0.2) is 0 Å². The monoisotopic (exact) mass is 176 g/mol. The quantitative estimate of drug-likeness (QED) is 0.437. The van der Waals surface area contributed by atoms with Gasteiger partial charge < -0.3 is 10.2 Å². The van der Waals surface area contributed by atoms with E-state index in [1.165, 1.54) is 0 Å². The van der Waals surface area contributed by atoms with E-state index in [0.717, 1.165) is 19.5 Å². The maximum atomic E-state index is 9.30. The van der Waals surface area contributed by atoms with Gasteiger partial charge in [0.25, 0.3) is 0 Å². The summed E-state index contributed by atoms with van der Waals surface area (Å²) in [6.07, 6.45) is 0.276. The molecule has 74 valence electrons. The predicted octanol–water partition coefficient (Wildman–Crippen LogP) is -0.124. The molecule has 0 aliphatic heterocycles. The zero-order chi connectivity index (χ0) is 9.56. The largest absolute Gasteiger partial charge is 0.396 e. The SMILES string of the molecule is CCN(C(C)O)N(C)CCCO. The summed E-state index contributed by atoms with van der Waals surface area (Å²) in [5.41, 5.74) is 0. The van der Waals surface area contributed by atoms with Crippen molar-refractivity contribution in [2.75, 3.05) is 26.7 Å². The first kappa shape index (κ1) is 11.8. The van der Waals surface area contributed by atoms with Gasteiger partial charge in [0.2, 0.25) is 0 Å². The summed E-state index contributed by atoms with van der Waals surface area (Å²) in [6, 6.07) is 0. The third kappa shape index (κ3) is 4.01. The highest BCUT2D eigenvalue weighted by Gasteiger charge is 2.12. The third-order valence-electron chi connectivity index (χ3n) is 1.83. The molecular formula is C8H20N2O2. The van der Waals surface area contributed by atoms with Gasteiger partial charge in [-0.05, 0) is 13.3 Å². The summed E-state index contributed by atoms with van der Waals surface area (Å²) >= 11 is 0. The Morgan fingerprint density at radius 2 is 2.00 bits per heavy atom. The number of hydrogen-bond acceptors (Lipinski definition) is 4. The highest BCUT2D eigenvalue weighted by Crippen LogP contribution is 2.00. The van der Waals surface area contributed by atoms with E-state index >= 15 is 0 Å². The van der Waals surface area contributed by atoms with Crippen LogP contribution in [0.3, 0.4) is 0 Å². The Bertz CT molecular complexity index is 109. The summed E-state index contributed by atoms with van der Waals surface area (Å²) in [7, 11) is 1.91. The van der Waals surface area contributed by atoms with E-state index in [-0.39, 0.29) is 6.61 Å². The second-order valence-electron chi connectivity index (χ2n) is 2.85. The smallest absolute Gasteiger partial charge is 0.117 e. The molecule has 0 bridgehead atoms. The van der Waals surface area contributed by atoms with Crippen LogP contribution in [-0.2, 0) is 0 Å². The van der Waals surface area contributed by atoms with E-state index < -0.39 is 6.23 Å². The van der Waals surface area contributed by atoms with Crippen LogP contribution in [0.2, 0.25) is 0 Å². The molecular weight excluding hydrogens is 156 g/mol. The fourth-order valence-corrected chi connectivity index (χ4v) is 1.22. The molecule has 12 heavy (non-hydrogen) atoms. The van der Waals surface area contributed by atoms with Gasteiger partial charge in [-0.1, -0.05) is 6.92 Å². The molecule has 0 heterocycles. The molecule has 0 amide bonds. The van der Waals surface area contributed by atoms with Gasteiger partial charge in [-0.25, -0.2) is 10.0 Å². The minimum absolute atomic E-state index is 0.196. The number of hydrazine groups is 1. The van der Waals surface area contributed by atoms with Crippen LogP contribution >= 0.6 is 0 Å². The molecule has 1 atom stereocenters. The van der Waals surface area contributed by atoms with Crippen LogP contribution in [0.1, 0.15) is 20.3 Å². The molecule has 0 rings (SSSR count). The number of aliphatic hydroxyl groups is 2. The molecule has 0 aromatic heterocycles. The van der Waals surface area contributed by atoms with Crippen molar-refractivity contribution in [1.82, 2.24) is 10.0 Å². The van der Waals surface area contributed by atoms with Gasteiger partial charge in [0.15, 0.2) is 0 Å². The highest BCUT2D eigenvalue weighted by atomic mass is 16.3. The van der Waals surface area contributed by atoms with E-state index in [1.807, 2.05) is 24.0 Å². The van der Waals surface area contributed by atoms with Gasteiger partial charge in [-0.3, -0.25) is 0 Å². The van der Waals surface area contributed by atoms with Crippen LogP contribution in [0.25, 0.3) is 0 Å². The van der Waals surface area contributed by atoms with Gasteiger partial charge in [-0.15, -0.1) is 0 Å². The highest BCUT2D eigenvalue weighted by molar-refractivity contribution is 4.52. The molecule has 4 nitrogen and oxygen atoms in total. The summed E-state index contributed by atoms with van der Waals surface area (Å²) < 4.78 is 0. The minimum Gasteiger partial charge on any atom is -0.396 e. The van der Waals surface area contributed by atoms with Crippen molar-refractivity contribution >= 4 is 0 Å². The topological polar surface area (TPSA) is 46.9 Å². The maximum absolute atomic E-state index is 9.30. The van der Waals surface area contributed by atoms with Crippen molar-refractivity contribution in [1.29, 1.82) is 0 Å². The lowest BCUT2D eigenvalue weighted by atomic mass is 10.4. The zero-order valence-electron chi connectivity index (χ0n) is 8.19. The summed E-state index contributed by atoms with van der Waals surface area (Å²) in [4.78, 5) is 0. The number of nitrogens with zero attached hydrogens (tertiary/aromatic N) is 2. The molecule has 4 heteroatoms. The Kier molecular flexibility index (Phi) is 6.28. The first-order valence-electron chi connectivity index (χ1n) is 4.40. The summed E-state index contributed by atoms with van der Waals surface area (Å²) in [5.74, 6) is 0. The van der Waals surface area contributed by atoms with Crippen LogP contribution < -0.4 is 0 Å². The fourth-order valence-electron chi connectivity index (χ4n) is 1.22. The molecule has 0 spiro atoms. The van der Waals surface area contributed by atoms with E-state index in [2.05, 4.69) is 0 Å². The van der Waals surface area contributed by atoms with Crippen molar-refractivity contribution in [2.45, 2.75) is 26.5 Å². The molecule has 0 radical (unpaired) electrons. The van der Waals surface area contributed by atoms with E-state index in [9.17, 15) is 5.11 Å². The lowest BCUT2D eigenvalue weighted by Gasteiger charge is -2.32. The lowest BCUT2D eigenvalue weighted by Crippen LogP contribution is -2.45. The first-order chi connectivity index (χ1) is 5.63. The molecule has 2 N–H and O–H groups in total. The third-order valence-corrected chi connectivity index (χ3v) is 1.83. The normalized spacial score (nSPS) is 14.2. The minimum atomic E-state index is -0.460. The van der Waals surface area contributed by atoms with Gasteiger partial charge >= 0.3 is 0 Å². The average Bonchev–Trinajstić information content (AvgIpc) is 2.01. The molecule has 0 aliphatic carbocycles. The Labute approximate surface area is 74.4 Å². The van der Waals surface area contributed by atoms with Crippen LogP contribution in [0, 0.1) is 0 Å². The van der Waals surface area contributed by atoms with Crippen molar-refractivity contribution in [3.63, 3.8) is 0 Å². The number of aliphatic hydroxyl groups excluding tert-OH is 2. The molecule has 1 unspecified atom stereocenters. The molecule has 0 fully saturated rings. The van der Waals surface area contributed by atoms with E-state index in [0.29, 0.717) is 0 Å². The van der Waals surface area contributed by atoms with Gasteiger partial charge in [0.05, 0.1) is 0 Å². The van der Waals surface area contributed by atoms with Gasteiger partial charge in [0.1, 0.15) is 6.23 Å². The van der Waals surface area contributed by atoms with E-state index in [4.69, 9.17) is 5.11 Å². The molecule has 0 saturated carbocycles. The Morgan fingerprint density at radius 1 is 1.42 bits per heavy atom. The fraction of sp³-hybridized carbons (Fsp3) is 1.00. The Morgan fingerprint density at radius 3 is 2.33 bits per heavy atom. The van der Waals surface area contributed by atoms with Gasteiger partial charge in [0, 0.05) is 26.7 Å². The van der Waals surface area contributed by atoms with Crippen molar-refractivity contribution in [3.8, 4) is 0 Å². The molecule has 0 aliphatic rings. The second-order valence-corrected chi connectivity index (χ2v) is 2.85. The zero-order valence-corrected chi connectivity index (χ0v) is 8.19. The predicted molar refractivity (Wildman–Crippen MR) is 48.4 cm³/mol. The molecule has 0 aromatic carbocycles. The van der Waals surface area contributed by atoms with Crippen molar-refractivity contribution in [3.05, 3.63) is 0 Å². The lowest BCUT2D eigenvalue weighted by molar-refractivity contribution is -0.116. The van der Waals surface area contributed by atoms with Crippen LogP contribution in [-0.4, -0.2) is 53.2 Å². The van der Waals surface area contributed by atoms with E-state index in [1.54, 1.807) is 6.92 Å². The average molecular weight is 176 g/mol. The Hall–Kier alpha value is -0.160. The summed E-state index contributed by atoms with van der Waals surface area (Å²) in [6.45, 7) is 5.47. The van der Waals surface area contributed by atoms with Crippen LogP contribution in [0.5, 0.6) is 0 Å². The van der Waals surface area contributed by atoms with Gasteiger partial charge in [-0.2, -0.15) is 0 Å². The second kappa shape index (κ2) is 6.37. The standard InChI is InChI=1S/C8H20N2O2/c1-4-10(8(2)12)9(3)6-5-7-11/h8,11-12H,4-7H2,1-3H3. The molecule has 0 aromatic rings.